The number of fused-ring (bicyclic) bond motifs is 3. The number of hydrogen-bond acceptors (Lipinski definition) is 8. The molecule has 0 amide bonds. The largest absolute Gasteiger partial charge is 0.744 e. The normalized spacial score (nSPS) is 25.0. The third kappa shape index (κ3) is 4.67. The lowest BCUT2D eigenvalue weighted by Gasteiger charge is -2.49. The minimum atomic E-state index is -4.71. The van der Waals surface area contributed by atoms with Crippen molar-refractivity contribution in [1.29, 1.82) is 0 Å². The number of quaternary nitrogens is 1. The molecular weight excluding hydrogens is 580 g/mol. The van der Waals surface area contributed by atoms with Crippen molar-refractivity contribution < 1.29 is 42.1 Å². The summed E-state index contributed by atoms with van der Waals surface area (Å²) in [6, 6.07) is 9.32. The molecule has 0 aliphatic carbocycles. The van der Waals surface area contributed by atoms with Crippen molar-refractivity contribution >= 4 is 45.2 Å². The highest BCUT2D eigenvalue weighted by Gasteiger charge is 2.64. The van der Waals surface area contributed by atoms with Crippen LogP contribution in [0.3, 0.4) is 0 Å². The summed E-state index contributed by atoms with van der Waals surface area (Å²) in [5, 5.41) is 23.7. The number of allylic oxidation sites excluding steroid dienone is 6. The van der Waals surface area contributed by atoms with Crippen LogP contribution in [0.15, 0.2) is 82.3 Å². The van der Waals surface area contributed by atoms with Crippen LogP contribution >= 0.6 is 12.0 Å². The molecule has 3 heterocycles. The zero-order valence-electron chi connectivity index (χ0n) is 23.9. The molecule has 1 spiro atoms. The predicted molar refractivity (Wildman–Crippen MR) is 155 cm³/mol. The summed E-state index contributed by atoms with van der Waals surface area (Å²) >= 11 is 0.842. The van der Waals surface area contributed by atoms with Gasteiger partial charge in [-0.2, -0.15) is 8.91 Å². The van der Waals surface area contributed by atoms with Crippen LogP contribution in [-0.4, -0.2) is 54.0 Å². The Balaban J connectivity index is 1.48. The van der Waals surface area contributed by atoms with Crippen LogP contribution in [0.5, 0.6) is 0 Å². The molecule has 0 saturated carbocycles. The van der Waals surface area contributed by atoms with E-state index in [0.717, 1.165) is 45.2 Å². The van der Waals surface area contributed by atoms with Crippen molar-refractivity contribution in [3.8, 4) is 0 Å². The maximum Gasteiger partial charge on any atom is 0.363 e. The van der Waals surface area contributed by atoms with E-state index in [9.17, 15) is 28.1 Å². The van der Waals surface area contributed by atoms with E-state index in [1.54, 1.807) is 6.07 Å². The number of rotatable bonds is 8. The van der Waals surface area contributed by atoms with Gasteiger partial charge in [-0.1, -0.05) is 30.4 Å². The fourth-order valence-corrected chi connectivity index (χ4v) is 7.71. The van der Waals surface area contributed by atoms with E-state index in [-0.39, 0.29) is 14.8 Å². The molecule has 1 saturated heterocycles. The van der Waals surface area contributed by atoms with E-state index in [2.05, 4.69) is 27.8 Å². The summed E-state index contributed by atoms with van der Waals surface area (Å²) in [4.78, 5) is 12.7. The maximum absolute atomic E-state index is 12.3. The second kappa shape index (κ2) is 10.6. The van der Waals surface area contributed by atoms with E-state index < -0.39 is 27.5 Å². The summed E-state index contributed by atoms with van der Waals surface area (Å²) in [5.74, 6) is -0.966. The second-order valence-corrected chi connectivity index (χ2v) is 13.9. The Morgan fingerprint density at radius 1 is 1.10 bits per heavy atom. The summed E-state index contributed by atoms with van der Waals surface area (Å²) in [5.41, 5.74) is 4.47. The fraction of sp³-hybridized carbons (Fsp3) is 0.333. The standard InChI is InChI=1S/C30H32N2O8S2/c1-29(2)21-13-11-19(41-40-39-35)17-23(21)31(5)26(29)9-7-6-8-10-27-30(3,4)22-14-12-20(42(36,37)38)18-25(22)32(27)16-15-24(32)28(33)34/h6-14,17-18,24H,15-16H2,1-5H3,(H-2,33,34,35,36,37,38). The molecule has 0 bridgehead atoms. The van der Waals surface area contributed by atoms with Gasteiger partial charge < -0.3 is 14.9 Å². The van der Waals surface area contributed by atoms with Crippen LogP contribution < -0.4 is 9.74 Å². The maximum atomic E-state index is 12.3. The Hall–Kier alpha value is -3.10. The summed E-state index contributed by atoms with van der Waals surface area (Å²) in [6.07, 6.45) is 10.0. The summed E-state index contributed by atoms with van der Waals surface area (Å²) < 4.78 is 42.0. The van der Waals surface area contributed by atoms with Gasteiger partial charge in [0.25, 0.3) is 0 Å². The molecule has 1 N–H and O–H groups in total. The number of aliphatic carboxylic acids is 1. The van der Waals surface area contributed by atoms with Crippen molar-refractivity contribution in [3.05, 3.63) is 83.6 Å². The van der Waals surface area contributed by atoms with Gasteiger partial charge in [-0.15, -0.1) is 0 Å². The molecule has 0 radical (unpaired) electrons. The Kier molecular flexibility index (Phi) is 7.63. The number of benzene rings is 2. The Labute approximate surface area is 249 Å². The predicted octanol–water partition coefficient (Wildman–Crippen LogP) is 3.98. The zero-order valence-corrected chi connectivity index (χ0v) is 25.5. The van der Waals surface area contributed by atoms with Crippen LogP contribution in [-0.2, 0) is 35.1 Å². The van der Waals surface area contributed by atoms with Gasteiger partial charge in [0.15, 0.2) is 5.71 Å². The van der Waals surface area contributed by atoms with Gasteiger partial charge in [-0.3, -0.25) is 5.04 Å². The first-order valence-corrected chi connectivity index (χ1v) is 15.5. The first-order valence-electron chi connectivity index (χ1n) is 13.3. The second-order valence-electron chi connectivity index (χ2n) is 11.8. The molecule has 12 heteroatoms. The molecule has 10 nitrogen and oxygen atoms in total. The molecule has 2 aromatic carbocycles. The molecule has 2 atom stereocenters. The number of hydrogen-bond donors (Lipinski definition) is 1. The first-order chi connectivity index (χ1) is 19.7. The van der Waals surface area contributed by atoms with Crippen LogP contribution in [0.1, 0.15) is 45.2 Å². The van der Waals surface area contributed by atoms with Crippen molar-refractivity contribution in [1.82, 2.24) is 4.48 Å². The van der Waals surface area contributed by atoms with Crippen LogP contribution in [0.2, 0.25) is 0 Å². The van der Waals surface area contributed by atoms with Gasteiger partial charge >= 0.3 is 5.97 Å². The first kappa shape index (κ1) is 30.4. The molecule has 1 fully saturated rings. The average Bonchev–Trinajstić information content (AvgIpc) is 3.22. The lowest BCUT2D eigenvalue weighted by atomic mass is 9.81. The average molecular weight is 613 g/mol. The lowest BCUT2D eigenvalue weighted by molar-refractivity contribution is -0.777. The van der Waals surface area contributed by atoms with Crippen molar-refractivity contribution in [2.75, 3.05) is 13.6 Å². The molecule has 3 aliphatic heterocycles. The topological polar surface area (TPSA) is 139 Å². The molecule has 3 aliphatic rings. The molecular formula is C30H32N2O8S2. The Morgan fingerprint density at radius 3 is 2.43 bits per heavy atom. The van der Waals surface area contributed by atoms with E-state index in [1.807, 2.05) is 69.5 Å². The summed E-state index contributed by atoms with van der Waals surface area (Å²) in [7, 11) is -2.74. The van der Waals surface area contributed by atoms with E-state index in [4.69, 9.17) is 0 Å². The van der Waals surface area contributed by atoms with Crippen molar-refractivity contribution in [3.63, 3.8) is 0 Å². The smallest absolute Gasteiger partial charge is 0.363 e. The third-order valence-electron chi connectivity index (χ3n) is 8.90. The molecule has 5 rings (SSSR count). The minimum Gasteiger partial charge on any atom is -0.744 e. The Morgan fingerprint density at radius 2 is 1.81 bits per heavy atom. The van der Waals surface area contributed by atoms with Crippen LogP contribution in [0.4, 0.5) is 11.4 Å². The monoisotopic (exact) mass is 612 g/mol. The third-order valence-corrected chi connectivity index (χ3v) is 10.3. The van der Waals surface area contributed by atoms with Gasteiger partial charge in [0.05, 0.1) is 40.7 Å². The van der Waals surface area contributed by atoms with E-state index in [0.29, 0.717) is 18.7 Å². The molecule has 0 aromatic heterocycles. The molecule has 222 valence electrons. The number of nitrogens with zero attached hydrogens (tertiary/aromatic N) is 2. The Bertz CT molecular complexity index is 1710. The van der Waals surface area contributed by atoms with Crippen molar-refractivity contribution in [2.24, 2.45) is 0 Å². The van der Waals surface area contributed by atoms with Crippen LogP contribution in [0.25, 0.3) is 0 Å². The van der Waals surface area contributed by atoms with Crippen LogP contribution in [0, 0.1) is 0 Å². The zero-order chi connectivity index (χ0) is 30.7. The van der Waals surface area contributed by atoms with Gasteiger partial charge in [0, 0.05) is 34.2 Å². The summed E-state index contributed by atoms with van der Waals surface area (Å²) in [6.45, 7) is 8.72. The molecule has 42 heavy (non-hydrogen) atoms. The van der Waals surface area contributed by atoms with Gasteiger partial charge in [0.2, 0.25) is 11.7 Å². The quantitative estimate of drug-likeness (QED) is 0.0892. The van der Waals surface area contributed by atoms with E-state index in [1.165, 1.54) is 12.1 Å². The molecule has 2 unspecified atom stereocenters. The molecule has 2 aromatic rings. The highest BCUT2D eigenvalue weighted by molar-refractivity contribution is 7.94. The highest BCUT2D eigenvalue weighted by atomic mass is 32.2. The number of carboxylic acid groups (broad SMARTS) is 1. The van der Waals surface area contributed by atoms with E-state index >= 15 is 0 Å². The highest BCUT2D eigenvalue weighted by Crippen LogP contribution is 2.58. The number of carbonyl (C=O) groups is 1. The SMILES string of the molecule is C[N+]1=C(C=CC=CC=C2C(C)(C)c3ccc(S(=O)(=O)[O-])cc3[N+]23CCC3C(=O)O)C(C)(C)c2ccc(SOO[O-])cc21. The van der Waals surface area contributed by atoms with Crippen molar-refractivity contribution in [2.45, 2.75) is 60.8 Å². The van der Waals surface area contributed by atoms with Gasteiger partial charge in [0.1, 0.15) is 28.6 Å². The lowest BCUT2D eigenvalue weighted by Crippen LogP contribution is -2.68. The minimum absolute atomic E-state index is 0.00101. The fourth-order valence-electron chi connectivity index (χ4n) is 6.83. The van der Waals surface area contributed by atoms with Gasteiger partial charge in [-0.25, -0.2) is 17.7 Å². The van der Waals surface area contributed by atoms with Gasteiger partial charge in [-0.05, 0) is 45.9 Å². The number of carboxylic acids is 1.